The molecule has 1 heterocycles. The molecule has 2 unspecified atom stereocenters. The summed E-state index contributed by atoms with van der Waals surface area (Å²) in [5.74, 6) is 3.03. The van der Waals surface area contributed by atoms with E-state index in [0.717, 1.165) is 30.7 Å². The van der Waals surface area contributed by atoms with Crippen molar-refractivity contribution in [3.05, 3.63) is 18.2 Å². The second kappa shape index (κ2) is 6.20. The van der Waals surface area contributed by atoms with E-state index < -0.39 is 0 Å². The average Bonchev–Trinajstić information content (AvgIpc) is 2.71. The van der Waals surface area contributed by atoms with Gasteiger partial charge in [-0.05, 0) is 31.2 Å². The Bertz CT molecular complexity index is 332. The van der Waals surface area contributed by atoms with E-state index in [9.17, 15) is 0 Å². The lowest BCUT2D eigenvalue weighted by molar-refractivity contribution is 0.267. The molecule has 2 atom stereocenters. The predicted molar refractivity (Wildman–Crippen MR) is 70.7 cm³/mol. The molecule has 3 heteroatoms. The first-order valence-electron chi connectivity index (χ1n) is 6.92. The van der Waals surface area contributed by atoms with Gasteiger partial charge in [-0.2, -0.15) is 0 Å². The summed E-state index contributed by atoms with van der Waals surface area (Å²) >= 11 is 0. The van der Waals surface area contributed by atoms with Crippen LogP contribution in [-0.2, 0) is 13.6 Å². The fourth-order valence-corrected chi connectivity index (χ4v) is 2.90. The Morgan fingerprint density at radius 2 is 2.35 bits per heavy atom. The van der Waals surface area contributed by atoms with Gasteiger partial charge in [0, 0.05) is 19.4 Å². The molecule has 1 fully saturated rings. The van der Waals surface area contributed by atoms with Crippen LogP contribution in [0.15, 0.2) is 12.4 Å². The normalized spacial score (nSPS) is 25.1. The third kappa shape index (κ3) is 3.84. The van der Waals surface area contributed by atoms with Crippen LogP contribution in [0.4, 0.5) is 0 Å². The lowest BCUT2D eigenvalue weighted by Gasteiger charge is -2.26. The summed E-state index contributed by atoms with van der Waals surface area (Å²) in [7, 11) is 2.05. The van der Waals surface area contributed by atoms with Crippen LogP contribution in [0.25, 0.3) is 0 Å². The summed E-state index contributed by atoms with van der Waals surface area (Å²) in [6.45, 7) is 4.42. The van der Waals surface area contributed by atoms with Gasteiger partial charge < -0.3 is 9.88 Å². The highest BCUT2D eigenvalue weighted by atomic mass is 15.1. The highest BCUT2D eigenvalue weighted by molar-refractivity contribution is 4.90. The van der Waals surface area contributed by atoms with Crippen molar-refractivity contribution in [3.8, 4) is 0 Å². The van der Waals surface area contributed by atoms with Crippen LogP contribution < -0.4 is 5.32 Å². The van der Waals surface area contributed by atoms with Crippen molar-refractivity contribution < 1.29 is 0 Å². The van der Waals surface area contributed by atoms with Crippen LogP contribution in [0.5, 0.6) is 0 Å². The summed E-state index contributed by atoms with van der Waals surface area (Å²) < 4.78 is 2.08. The molecular weight excluding hydrogens is 210 g/mol. The zero-order valence-corrected chi connectivity index (χ0v) is 11.2. The second-order valence-corrected chi connectivity index (χ2v) is 5.56. The Morgan fingerprint density at radius 3 is 3.06 bits per heavy atom. The third-order valence-electron chi connectivity index (χ3n) is 3.98. The van der Waals surface area contributed by atoms with Gasteiger partial charge in [0.15, 0.2) is 0 Å². The second-order valence-electron chi connectivity index (χ2n) is 5.56. The summed E-state index contributed by atoms with van der Waals surface area (Å²) in [5, 5.41) is 3.51. The van der Waals surface area contributed by atoms with Crippen molar-refractivity contribution in [1.29, 1.82) is 0 Å². The van der Waals surface area contributed by atoms with E-state index in [2.05, 4.69) is 21.8 Å². The molecule has 1 N–H and O–H groups in total. The van der Waals surface area contributed by atoms with Gasteiger partial charge in [0.1, 0.15) is 5.82 Å². The van der Waals surface area contributed by atoms with Gasteiger partial charge in [0.2, 0.25) is 0 Å². The monoisotopic (exact) mass is 235 g/mol. The van der Waals surface area contributed by atoms with Crippen molar-refractivity contribution in [3.63, 3.8) is 0 Å². The van der Waals surface area contributed by atoms with E-state index in [1.165, 1.54) is 32.1 Å². The molecule has 1 saturated carbocycles. The molecule has 1 aromatic heterocycles. The first-order chi connectivity index (χ1) is 8.25. The Morgan fingerprint density at radius 1 is 1.47 bits per heavy atom. The number of aryl methyl sites for hydroxylation is 1. The van der Waals surface area contributed by atoms with Crippen LogP contribution in [0.3, 0.4) is 0 Å². The fourth-order valence-electron chi connectivity index (χ4n) is 2.90. The lowest BCUT2D eigenvalue weighted by Crippen LogP contribution is -2.22. The molecule has 0 spiro atoms. The number of hydrogen-bond acceptors (Lipinski definition) is 2. The van der Waals surface area contributed by atoms with E-state index in [-0.39, 0.29) is 0 Å². The van der Waals surface area contributed by atoms with Crippen molar-refractivity contribution in [2.45, 2.75) is 45.6 Å². The topological polar surface area (TPSA) is 29.9 Å². The van der Waals surface area contributed by atoms with Crippen LogP contribution in [-0.4, -0.2) is 16.1 Å². The molecule has 0 aromatic carbocycles. The van der Waals surface area contributed by atoms with Crippen molar-refractivity contribution >= 4 is 0 Å². The minimum atomic E-state index is 0.895. The van der Waals surface area contributed by atoms with E-state index in [1.54, 1.807) is 0 Å². The standard InChI is InChI=1S/C14H25N3/c1-12-4-3-5-13(10-12)6-7-15-11-14-16-8-9-17(14)2/h8-9,12-13,15H,3-7,10-11H2,1-2H3. The summed E-state index contributed by atoms with van der Waals surface area (Å²) in [6, 6.07) is 0. The number of aromatic nitrogens is 2. The van der Waals surface area contributed by atoms with Crippen LogP contribution in [0, 0.1) is 11.8 Å². The summed E-state index contributed by atoms with van der Waals surface area (Å²) in [5.41, 5.74) is 0. The minimum Gasteiger partial charge on any atom is -0.337 e. The van der Waals surface area contributed by atoms with Crippen molar-refractivity contribution in [2.24, 2.45) is 18.9 Å². The molecule has 2 rings (SSSR count). The van der Waals surface area contributed by atoms with Crippen LogP contribution in [0.2, 0.25) is 0 Å². The molecule has 1 aromatic rings. The number of rotatable bonds is 5. The molecule has 0 aliphatic heterocycles. The zero-order valence-electron chi connectivity index (χ0n) is 11.2. The smallest absolute Gasteiger partial charge is 0.122 e. The van der Waals surface area contributed by atoms with Crippen molar-refractivity contribution in [2.75, 3.05) is 6.54 Å². The molecule has 0 saturated heterocycles. The Hall–Kier alpha value is -0.830. The molecule has 0 amide bonds. The van der Waals surface area contributed by atoms with Gasteiger partial charge in [0.05, 0.1) is 6.54 Å². The number of imidazole rings is 1. The molecule has 0 radical (unpaired) electrons. The molecule has 1 aliphatic rings. The SMILES string of the molecule is CC1CCCC(CCNCc2nccn2C)C1. The first-order valence-corrected chi connectivity index (χ1v) is 6.92. The van der Waals surface area contributed by atoms with E-state index in [4.69, 9.17) is 0 Å². The Kier molecular flexibility index (Phi) is 4.60. The molecular formula is C14H25N3. The van der Waals surface area contributed by atoms with Gasteiger partial charge in [-0.1, -0.05) is 26.2 Å². The third-order valence-corrected chi connectivity index (χ3v) is 3.98. The fraction of sp³-hybridized carbons (Fsp3) is 0.786. The molecule has 1 aliphatic carbocycles. The van der Waals surface area contributed by atoms with E-state index in [0.29, 0.717) is 0 Å². The Labute approximate surface area is 105 Å². The maximum absolute atomic E-state index is 4.31. The van der Waals surface area contributed by atoms with E-state index >= 15 is 0 Å². The highest BCUT2D eigenvalue weighted by Gasteiger charge is 2.18. The van der Waals surface area contributed by atoms with Crippen LogP contribution in [0.1, 0.15) is 44.9 Å². The van der Waals surface area contributed by atoms with Gasteiger partial charge >= 0.3 is 0 Å². The molecule has 96 valence electrons. The zero-order chi connectivity index (χ0) is 12.1. The minimum absolute atomic E-state index is 0.895. The number of nitrogens with one attached hydrogen (secondary N) is 1. The molecule has 3 nitrogen and oxygen atoms in total. The largest absolute Gasteiger partial charge is 0.337 e. The maximum atomic E-state index is 4.31. The van der Waals surface area contributed by atoms with Crippen LogP contribution >= 0.6 is 0 Å². The van der Waals surface area contributed by atoms with Gasteiger partial charge in [-0.15, -0.1) is 0 Å². The molecule has 0 bridgehead atoms. The van der Waals surface area contributed by atoms with Gasteiger partial charge in [-0.3, -0.25) is 0 Å². The molecule has 17 heavy (non-hydrogen) atoms. The quantitative estimate of drug-likeness (QED) is 0.795. The number of hydrogen-bond donors (Lipinski definition) is 1. The van der Waals surface area contributed by atoms with Gasteiger partial charge in [0.25, 0.3) is 0 Å². The highest BCUT2D eigenvalue weighted by Crippen LogP contribution is 2.30. The summed E-state index contributed by atoms with van der Waals surface area (Å²) in [6.07, 6.45) is 10.9. The average molecular weight is 235 g/mol. The van der Waals surface area contributed by atoms with Crippen molar-refractivity contribution in [1.82, 2.24) is 14.9 Å². The van der Waals surface area contributed by atoms with Gasteiger partial charge in [-0.25, -0.2) is 4.98 Å². The lowest BCUT2D eigenvalue weighted by atomic mass is 9.81. The van der Waals surface area contributed by atoms with E-state index in [1.807, 2.05) is 19.4 Å². The summed E-state index contributed by atoms with van der Waals surface area (Å²) in [4.78, 5) is 4.31. The first kappa shape index (κ1) is 12.6. The predicted octanol–water partition coefficient (Wildman–Crippen LogP) is 2.73. The maximum Gasteiger partial charge on any atom is 0.122 e. The number of nitrogens with zero attached hydrogens (tertiary/aromatic N) is 2. The Balaban J connectivity index is 1.61.